The molecule has 1 aromatic heterocycles. The van der Waals surface area contributed by atoms with Crippen LogP contribution in [0.5, 0.6) is 0 Å². The predicted octanol–water partition coefficient (Wildman–Crippen LogP) is 5.22. The average Bonchev–Trinajstić information content (AvgIpc) is 3.24. The Hall–Kier alpha value is -2.52. The number of sulfonamides is 1. The molecule has 1 unspecified atom stereocenters. The maximum absolute atomic E-state index is 13.0. The minimum Gasteiger partial charge on any atom is -0.419 e. The highest BCUT2D eigenvalue weighted by Gasteiger charge is 2.27. The minimum absolute atomic E-state index is 0.118. The molecule has 1 heterocycles. The van der Waals surface area contributed by atoms with Crippen LogP contribution in [-0.4, -0.2) is 18.6 Å². The number of nitrogens with zero attached hydrogens (tertiary/aromatic N) is 2. The number of nitrogens with one attached hydrogen (secondary N) is 1. The summed E-state index contributed by atoms with van der Waals surface area (Å²) in [6.45, 7) is 0. The van der Waals surface area contributed by atoms with E-state index < -0.39 is 16.1 Å². The van der Waals surface area contributed by atoms with Crippen LogP contribution < -0.4 is 4.72 Å². The molecule has 0 aliphatic heterocycles. The molecule has 0 saturated heterocycles. The standard InChI is InChI=1S/C21H15BrClN3O3S/c22-16-8-12-18(13-9-16)30(27,28)26-19(14-6-10-17(23)11-7-14)21-25-24-20(29-21)15-4-2-1-3-5-15/h1-13,19,26H. The van der Waals surface area contributed by atoms with Crippen LogP contribution in [-0.2, 0) is 10.0 Å². The van der Waals surface area contributed by atoms with Gasteiger partial charge in [0.05, 0.1) is 4.90 Å². The van der Waals surface area contributed by atoms with Crippen molar-refractivity contribution in [3.8, 4) is 11.5 Å². The van der Waals surface area contributed by atoms with E-state index in [0.29, 0.717) is 16.5 Å². The lowest BCUT2D eigenvalue weighted by atomic mass is 10.1. The van der Waals surface area contributed by atoms with Gasteiger partial charge in [-0.2, -0.15) is 4.72 Å². The highest BCUT2D eigenvalue weighted by molar-refractivity contribution is 9.10. The Labute approximate surface area is 187 Å². The summed E-state index contributed by atoms with van der Waals surface area (Å²) in [5.74, 6) is 0.421. The van der Waals surface area contributed by atoms with Gasteiger partial charge < -0.3 is 4.42 Å². The zero-order valence-electron chi connectivity index (χ0n) is 15.4. The number of halogens is 2. The van der Waals surface area contributed by atoms with E-state index in [1.807, 2.05) is 30.3 Å². The molecule has 0 fully saturated rings. The molecule has 3 aromatic carbocycles. The van der Waals surface area contributed by atoms with Gasteiger partial charge in [-0.15, -0.1) is 10.2 Å². The zero-order chi connectivity index (χ0) is 21.1. The van der Waals surface area contributed by atoms with E-state index in [0.717, 1.165) is 10.0 Å². The van der Waals surface area contributed by atoms with Crippen molar-refractivity contribution in [3.63, 3.8) is 0 Å². The van der Waals surface area contributed by atoms with E-state index in [4.69, 9.17) is 16.0 Å². The lowest BCUT2D eigenvalue weighted by Gasteiger charge is -2.16. The molecule has 6 nitrogen and oxygen atoms in total. The van der Waals surface area contributed by atoms with E-state index in [9.17, 15) is 8.42 Å². The van der Waals surface area contributed by atoms with Crippen LogP contribution in [0.15, 0.2) is 92.6 Å². The topological polar surface area (TPSA) is 85.1 Å². The van der Waals surface area contributed by atoms with Crippen molar-refractivity contribution < 1.29 is 12.8 Å². The first-order valence-corrected chi connectivity index (χ1v) is 11.5. The second kappa shape index (κ2) is 8.69. The molecule has 0 radical (unpaired) electrons. The Morgan fingerprint density at radius 3 is 2.23 bits per heavy atom. The van der Waals surface area contributed by atoms with Gasteiger partial charge in [0.1, 0.15) is 6.04 Å². The fourth-order valence-corrected chi connectivity index (χ4v) is 4.37. The van der Waals surface area contributed by atoms with Crippen molar-refractivity contribution in [3.05, 3.63) is 99.8 Å². The third-order valence-corrected chi connectivity index (χ3v) is 6.53. The minimum atomic E-state index is -3.87. The molecule has 30 heavy (non-hydrogen) atoms. The van der Waals surface area contributed by atoms with Crippen molar-refractivity contribution in [1.82, 2.24) is 14.9 Å². The molecule has 9 heteroatoms. The maximum Gasteiger partial charge on any atom is 0.247 e. The van der Waals surface area contributed by atoms with E-state index in [1.165, 1.54) is 12.1 Å². The molecular weight excluding hydrogens is 490 g/mol. The Kier molecular flexibility index (Phi) is 6.01. The first-order chi connectivity index (χ1) is 14.4. The number of benzene rings is 3. The third kappa shape index (κ3) is 4.62. The molecule has 1 atom stereocenters. The highest BCUT2D eigenvalue weighted by Crippen LogP contribution is 2.28. The molecule has 0 spiro atoms. The van der Waals surface area contributed by atoms with Gasteiger partial charge in [-0.1, -0.05) is 57.9 Å². The summed E-state index contributed by atoms with van der Waals surface area (Å²) < 4.78 is 35.3. The Balaban J connectivity index is 1.73. The van der Waals surface area contributed by atoms with Gasteiger partial charge in [0.25, 0.3) is 0 Å². The fourth-order valence-electron chi connectivity index (χ4n) is 2.80. The Morgan fingerprint density at radius 1 is 0.900 bits per heavy atom. The van der Waals surface area contributed by atoms with Crippen LogP contribution in [0.25, 0.3) is 11.5 Å². The quantitative estimate of drug-likeness (QED) is 0.389. The number of hydrogen-bond acceptors (Lipinski definition) is 5. The van der Waals surface area contributed by atoms with Gasteiger partial charge in [-0.25, -0.2) is 8.42 Å². The SMILES string of the molecule is O=S(=O)(NC(c1ccc(Cl)cc1)c1nnc(-c2ccccc2)o1)c1ccc(Br)cc1. The molecule has 152 valence electrons. The third-order valence-electron chi connectivity index (χ3n) is 4.31. The molecule has 0 aliphatic rings. The summed E-state index contributed by atoms with van der Waals surface area (Å²) >= 11 is 9.30. The van der Waals surface area contributed by atoms with E-state index in [1.54, 1.807) is 36.4 Å². The second-order valence-corrected chi connectivity index (χ2v) is 9.44. The van der Waals surface area contributed by atoms with Crippen molar-refractivity contribution in [1.29, 1.82) is 0 Å². The summed E-state index contributed by atoms with van der Waals surface area (Å²) in [6.07, 6.45) is 0. The van der Waals surface area contributed by atoms with Crippen molar-refractivity contribution >= 4 is 37.6 Å². The summed E-state index contributed by atoms with van der Waals surface area (Å²) in [5, 5.41) is 8.71. The highest BCUT2D eigenvalue weighted by atomic mass is 79.9. The molecule has 0 aliphatic carbocycles. The van der Waals surface area contributed by atoms with Gasteiger partial charge in [-0.3, -0.25) is 0 Å². The maximum atomic E-state index is 13.0. The Morgan fingerprint density at radius 2 is 1.57 bits per heavy atom. The van der Waals surface area contributed by atoms with Crippen molar-refractivity contribution in [2.75, 3.05) is 0 Å². The van der Waals surface area contributed by atoms with Crippen LogP contribution in [0.4, 0.5) is 0 Å². The summed E-state index contributed by atoms with van der Waals surface area (Å²) in [6, 6.07) is 21.5. The van der Waals surface area contributed by atoms with Crippen LogP contribution in [0.2, 0.25) is 5.02 Å². The summed E-state index contributed by atoms with van der Waals surface area (Å²) in [5.41, 5.74) is 1.35. The van der Waals surface area contributed by atoms with Crippen LogP contribution in [0, 0.1) is 0 Å². The van der Waals surface area contributed by atoms with Crippen LogP contribution in [0.3, 0.4) is 0 Å². The summed E-state index contributed by atoms with van der Waals surface area (Å²) in [4.78, 5) is 0.118. The number of rotatable bonds is 6. The average molecular weight is 505 g/mol. The molecule has 4 rings (SSSR count). The zero-order valence-corrected chi connectivity index (χ0v) is 18.5. The van der Waals surface area contributed by atoms with Gasteiger partial charge in [0.15, 0.2) is 0 Å². The number of hydrogen-bond donors (Lipinski definition) is 1. The molecule has 0 bridgehead atoms. The van der Waals surface area contributed by atoms with Gasteiger partial charge in [0, 0.05) is 15.1 Å². The van der Waals surface area contributed by atoms with Crippen LogP contribution >= 0.6 is 27.5 Å². The smallest absolute Gasteiger partial charge is 0.247 e. The van der Waals surface area contributed by atoms with E-state index >= 15 is 0 Å². The fraction of sp³-hybridized carbons (Fsp3) is 0.0476. The normalized spacial score (nSPS) is 12.6. The largest absolute Gasteiger partial charge is 0.419 e. The molecular formula is C21H15BrClN3O3S. The van der Waals surface area contributed by atoms with Crippen molar-refractivity contribution in [2.24, 2.45) is 0 Å². The van der Waals surface area contributed by atoms with Crippen molar-refractivity contribution in [2.45, 2.75) is 10.9 Å². The Bertz CT molecular complexity index is 1240. The van der Waals surface area contributed by atoms with E-state index in [2.05, 4.69) is 30.8 Å². The summed E-state index contributed by atoms with van der Waals surface area (Å²) in [7, 11) is -3.87. The van der Waals surface area contributed by atoms with Gasteiger partial charge in [0.2, 0.25) is 21.8 Å². The molecule has 4 aromatic rings. The molecule has 0 amide bonds. The number of aromatic nitrogens is 2. The lowest BCUT2D eigenvalue weighted by molar-refractivity contribution is 0.464. The molecule has 0 saturated carbocycles. The first kappa shape index (κ1) is 20.7. The van der Waals surface area contributed by atoms with Gasteiger partial charge >= 0.3 is 0 Å². The van der Waals surface area contributed by atoms with Gasteiger partial charge in [-0.05, 0) is 54.1 Å². The monoisotopic (exact) mass is 503 g/mol. The first-order valence-electron chi connectivity index (χ1n) is 8.84. The van der Waals surface area contributed by atoms with Crippen LogP contribution in [0.1, 0.15) is 17.5 Å². The lowest BCUT2D eigenvalue weighted by Crippen LogP contribution is -2.29. The second-order valence-electron chi connectivity index (χ2n) is 6.37. The van der Waals surface area contributed by atoms with E-state index in [-0.39, 0.29) is 10.8 Å². The predicted molar refractivity (Wildman–Crippen MR) is 117 cm³/mol. The molecule has 1 N–H and O–H groups in total.